The lowest BCUT2D eigenvalue weighted by molar-refractivity contribution is 0.297. The quantitative estimate of drug-likeness (QED) is 0.705. The van der Waals surface area contributed by atoms with Gasteiger partial charge in [0.05, 0.1) is 6.61 Å². The zero-order valence-electron chi connectivity index (χ0n) is 8.38. The third-order valence-corrected chi connectivity index (χ3v) is 2.61. The van der Waals surface area contributed by atoms with Gasteiger partial charge in [0.2, 0.25) is 5.88 Å². The molecule has 2 rings (SSSR count). The second-order valence-corrected chi connectivity index (χ2v) is 3.68. The van der Waals surface area contributed by atoms with Crippen molar-refractivity contribution >= 4 is 0 Å². The van der Waals surface area contributed by atoms with Crippen molar-refractivity contribution < 1.29 is 4.74 Å². The van der Waals surface area contributed by atoms with Crippen LogP contribution in [0.1, 0.15) is 30.5 Å². The Morgan fingerprint density at radius 1 is 1.36 bits per heavy atom. The van der Waals surface area contributed by atoms with E-state index in [9.17, 15) is 0 Å². The minimum atomic E-state index is 0.673. The number of fused-ring (bicyclic) bond motifs is 1. The molecule has 1 aliphatic rings. The number of H-pyrrole nitrogens is 1. The van der Waals surface area contributed by atoms with Crippen LogP contribution in [0.4, 0.5) is 0 Å². The Kier molecular flexibility index (Phi) is 3.03. The number of hydrogen-bond acceptors (Lipinski definition) is 3. The molecule has 0 bridgehead atoms. The van der Waals surface area contributed by atoms with Gasteiger partial charge in [0, 0.05) is 11.3 Å². The Hall–Kier alpha value is -1.03. The maximum Gasteiger partial charge on any atom is 0.236 e. The minimum Gasteiger partial charge on any atom is -0.476 e. The highest BCUT2D eigenvalue weighted by Gasteiger charge is 2.17. The maximum atomic E-state index is 5.56. The van der Waals surface area contributed by atoms with Gasteiger partial charge >= 0.3 is 0 Å². The Balaban J connectivity index is 1.99. The molecule has 1 aromatic heterocycles. The number of ether oxygens (including phenoxy) is 1. The van der Waals surface area contributed by atoms with Gasteiger partial charge < -0.3 is 10.5 Å². The van der Waals surface area contributed by atoms with Crippen molar-refractivity contribution in [2.45, 2.75) is 32.1 Å². The smallest absolute Gasteiger partial charge is 0.236 e. The highest BCUT2D eigenvalue weighted by molar-refractivity contribution is 5.32. The molecule has 4 heteroatoms. The zero-order valence-corrected chi connectivity index (χ0v) is 8.38. The van der Waals surface area contributed by atoms with Gasteiger partial charge in [-0.15, -0.1) is 5.10 Å². The van der Waals surface area contributed by atoms with Gasteiger partial charge in [0.15, 0.2) is 0 Å². The molecule has 0 amide bonds. The number of nitrogens with zero attached hydrogens (tertiary/aromatic N) is 1. The summed E-state index contributed by atoms with van der Waals surface area (Å²) in [6.07, 6.45) is 5.62. The van der Waals surface area contributed by atoms with Crippen LogP contribution < -0.4 is 10.5 Å². The molecule has 0 saturated heterocycles. The highest BCUT2D eigenvalue weighted by atomic mass is 16.5. The van der Waals surface area contributed by atoms with E-state index in [4.69, 9.17) is 10.5 Å². The Bertz CT molecular complexity index is 296. The second kappa shape index (κ2) is 4.46. The zero-order chi connectivity index (χ0) is 9.80. The standard InChI is InChI=1S/C10H17N3O/c11-6-3-7-14-10-8-4-1-2-5-9(8)12-13-10/h1-7,11H2,(H,12,13). The Morgan fingerprint density at radius 3 is 3.07 bits per heavy atom. The molecule has 0 saturated carbocycles. The fourth-order valence-corrected chi connectivity index (χ4v) is 1.82. The van der Waals surface area contributed by atoms with Crippen LogP contribution in [0.2, 0.25) is 0 Å². The topological polar surface area (TPSA) is 63.9 Å². The fourth-order valence-electron chi connectivity index (χ4n) is 1.82. The first-order valence-electron chi connectivity index (χ1n) is 5.31. The second-order valence-electron chi connectivity index (χ2n) is 3.68. The summed E-state index contributed by atoms with van der Waals surface area (Å²) >= 11 is 0. The van der Waals surface area contributed by atoms with Crippen LogP contribution >= 0.6 is 0 Å². The predicted molar refractivity (Wildman–Crippen MR) is 54.4 cm³/mol. The van der Waals surface area contributed by atoms with Crippen molar-refractivity contribution in [3.63, 3.8) is 0 Å². The molecule has 0 radical (unpaired) electrons. The van der Waals surface area contributed by atoms with Crippen LogP contribution in [0.25, 0.3) is 0 Å². The van der Waals surface area contributed by atoms with Crippen LogP contribution in [-0.4, -0.2) is 23.3 Å². The van der Waals surface area contributed by atoms with E-state index in [0.29, 0.717) is 13.2 Å². The van der Waals surface area contributed by atoms with Crippen LogP contribution in [0, 0.1) is 0 Å². The molecule has 78 valence electrons. The largest absolute Gasteiger partial charge is 0.476 e. The number of rotatable bonds is 4. The summed E-state index contributed by atoms with van der Waals surface area (Å²) in [4.78, 5) is 0. The summed E-state index contributed by atoms with van der Waals surface area (Å²) in [5.74, 6) is 0.799. The van der Waals surface area contributed by atoms with Gasteiger partial charge in [-0.1, -0.05) is 0 Å². The molecule has 0 aromatic carbocycles. The lowest BCUT2D eigenvalue weighted by Crippen LogP contribution is -2.08. The molecule has 4 nitrogen and oxygen atoms in total. The molecule has 14 heavy (non-hydrogen) atoms. The van der Waals surface area contributed by atoms with Crippen molar-refractivity contribution in [2.24, 2.45) is 5.73 Å². The fraction of sp³-hybridized carbons (Fsp3) is 0.700. The van der Waals surface area contributed by atoms with E-state index in [1.165, 1.54) is 24.1 Å². The van der Waals surface area contributed by atoms with Gasteiger partial charge in [-0.25, -0.2) is 0 Å². The molecule has 0 aliphatic heterocycles. The molecule has 0 unspecified atom stereocenters. The molecular formula is C10H17N3O. The third kappa shape index (κ3) is 1.90. The van der Waals surface area contributed by atoms with Gasteiger partial charge in [0.25, 0.3) is 0 Å². The van der Waals surface area contributed by atoms with E-state index < -0.39 is 0 Å². The average Bonchev–Trinajstić information content (AvgIpc) is 2.63. The van der Waals surface area contributed by atoms with Crippen molar-refractivity contribution in [1.82, 2.24) is 10.2 Å². The van der Waals surface area contributed by atoms with Crippen LogP contribution in [-0.2, 0) is 12.8 Å². The van der Waals surface area contributed by atoms with Crippen molar-refractivity contribution in [3.8, 4) is 5.88 Å². The Morgan fingerprint density at radius 2 is 2.21 bits per heavy atom. The summed E-state index contributed by atoms with van der Waals surface area (Å²) in [6.45, 7) is 1.35. The van der Waals surface area contributed by atoms with E-state index in [1.807, 2.05) is 0 Å². The first-order valence-corrected chi connectivity index (χ1v) is 5.31. The number of hydrogen-bond donors (Lipinski definition) is 2. The molecule has 1 aliphatic carbocycles. The number of aromatic amines is 1. The SMILES string of the molecule is NCCCOc1n[nH]c2c1CCCC2. The maximum absolute atomic E-state index is 5.56. The average molecular weight is 195 g/mol. The van der Waals surface area contributed by atoms with Crippen LogP contribution in [0.5, 0.6) is 5.88 Å². The van der Waals surface area contributed by atoms with E-state index >= 15 is 0 Å². The van der Waals surface area contributed by atoms with Crippen molar-refractivity contribution in [1.29, 1.82) is 0 Å². The van der Waals surface area contributed by atoms with E-state index in [2.05, 4.69) is 10.2 Å². The molecule has 1 aromatic rings. The predicted octanol–water partition coefficient (Wildman–Crippen LogP) is 1.02. The summed E-state index contributed by atoms with van der Waals surface area (Å²) in [6, 6.07) is 0. The first-order chi connectivity index (χ1) is 6.92. The van der Waals surface area contributed by atoms with E-state index in [0.717, 1.165) is 25.1 Å². The van der Waals surface area contributed by atoms with Crippen LogP contribution in [0.3, 0.4) is 0 Å². The first kappa shape index (κ1) is 9.52. The number of nitrogens with one attached hydrogen (secondary N) is 1. The molecule has 0 spiro atoms. The number of nitrogens with two attached hydrogens (primary N) is 1. The summed E-state index contributed by atoms with van der Waals surface area (Å²) in [5.41, 5.74) is 7.95. The van der Waals surface area contributed by atoms with E-state index in [-0.39, 0.29) is 0 Å². The lowest BCUT2D eigenvalue weighted by Gasteiger charge is -2.11. The monoisotopic (exact) mass is 195 g/mol. The molecule has 0 atom stereocenters. The highest BCUT2D eigenvalue weighted by Crippen LogP contribution is 2.26. The van der Waals surface area contributed by atoms with Crippen molar-refractivity contribution in [3.05, 3.63) is 11.3 Å². The number of aromatic nitrogens is 2. The molecular weight excluding hydrogens is 178 g/mol. The minimum absolute atomic E-state index is 0.673. The summed E-state index contributed by atoms with van der Waals surface area (Å²) in [5, 5.41) is 7.23. The van der Waals surface area contributed by atoms with E-state index in [1.54, 1.807) is 0 Å². The van der Waals surface area contributed by atoms with Crippen molar-refractivity contribution in [2.75, 3.05) is 13.2 Å². The summed E-state index contributed by atoms with van der Waals surface area (Å²) in [7, 11) is 0. The van der Waals surface area contributed by atoms with Gasteiger partial charge in [-0.05, 0) is 38.6 Å². The van der Waals surface area contributed by atoms with Crippen LogP contribution in [0.15, 0.2) is 0 Å². The normalized spacial score (nSPS) is 15.2. The molecule has 1 heterocycles. The molecule has 0 fully saturated rings. The Labute approximate surface area is 83.8 Å². The van der Waals surface area contributed by atoms with Gasteiger partial charge in [-0.2, -0.15) is 0 Å². The third-order valence-electron chi connectivity index (χ3n) is 2.61. The van der Waals surface area contributed by atoms with Gasteiger partial charge in [-0.3, -0.25) is 5.10 Å². The van der Waals surface area contributed by atoms with Gasteiger partial charge in [0.1, 0.15) is 0 Å². The molecule has 3 N–H and O–H groups in total. The lowest BCUT2D eigenvalue weighted by atomic mass is 9.98. The number of aryl methyl sites for hydroxylation is 1. The summed E-state index contributed by atoms with van der Waals surface area (Å²) < 4.78 is 5.56.